The maximum absolute atomic E-state index is 14.4. The Labute approximate surface area is 178 Å². The number of imide groups is 1. The number of para-hydroxylation sites is 1. The van der Waals surface area contributed by atoms with Crippen LogP contribution in [-0.2, 0) is 16.1 Å². The van der Waals surface area contributed by atoms with E-state index in [-0.39, 0.29) is 17.0 Å². The lowest BCUT2D eigenvalue weighted by Gasteiger charge is -2.21. The Balaban J connectivity index is 1.82. The fourth-order valence-electron chi connectivity index (χ4n) is 3.54. The van der Waals surface area contributed by atoms with Crippen molar-refractivity contribution < 1.29 is 14.0 Å². The smallest absolute Gasteiger partial charge is 0.282 e. The molecule has 30 heavy (non-hydrogen) atoms. The summed E-state index contributed by atoms with van der Waals surface area (Å²) in [6.45, 7) is 0.414. The van der Waals surface area contributed by atoms with E-state index < -0.39 is 17.6 Å². The van der Waals surface area contributed by atoms with Crippen molar-refractivity contribution in [1.29, 1.82) is 0 Å². The van der Waals surface area contributed by atoms with Crippen LogP contribution in [-0.4, -0.2) is 23.8 Å². The van der Waals surface area contributed by atoms with E-state index in [0.717, 1.165) is 10.5 Å². The maximum atomic E-state index is 14.4. The van der Waals surface area contributed by atoms with Gasteiger partial charge in [0.2, 0.25) is 0 Å². The Morgan fingerprint density at radius 3 is 2.17 bits per heavy atom. The zero-order valence-corrected chi connectivity index (χ0v) is 16.9. The first-order valence-corrected chi connectivity index (χ1v) is 9.74. The highest BCUT2D eigenvalue weighted by molar-refractivity contribution is 6.45. The first-order chi connectivity index (χ1) is 14.5. The van der Waals surface area contributed by atoms with Crippen molar-refractivity contribution in [2.45, 2.75) is 6.54 Å². The molecular weight excluding hydrogens is 403 g/mol. The van der Waals surface area contributed by atoms with Gasteiger partial charge in [-0.15, -0.1) is 0 Å². The molecule has 0 aliphatic carbocycles. The van der Waals surface area contributed by atoms with Gasteiger partial charge in [0.15, 0.2) is 0 Å². The van der Waals surface area contributed by atoms with Gasteiger partial charge < -0.3 is 4.90 Å². The quantitative estimate of drug-likeness (QED) is 0.551. The predicted octanol–water partition coefficient (Wildman–Crippen LogP) is 4.90. The molecule has 150 valence electrons. The standard InChI is InChI=1S/C24H18ClFN2O2/c1-27(15-16-7-3-2-4-8-16)22-21(17-11-13-18(25)14-12-17)23(29)28(24(22)30)20-10-6-5-9-19(20)26/h2-14H,15H2,1H3. The van der Waals surface area contributed by atoms with Gasteiger partial charge in [0.1, 0.15) is 11.5 Å². The number of amides is 2. The minimum absolute atomic E-state index is 0.0675. The van der Waals surface area contributed by atoms with E-state index in [4.69, 9.17) is 11.6 Å². The molecule has 3 aromatic carbocycles. The molecule has 0 saturated carbocycles. The fraction of sp³-hybridized carbons (Fsp3) is 0.0833. The molecule has 4 nitrogen and oxygen atoms in total. The van der Waals surface area contributed by atoms with Gasteiger partial charge in [-0.05, 0) is 35.4 Å². The van der Waals surface area contributed by atoms with Gasteiger partial charge in [-0.1, -0.05) is 66.2 Å². The molecule has 6 heteroatoms. The molecule has 0 aromatic heterocycles. The lowest BCUT2D eigenvalue weighted by Crippen LogP contribution is -2.34. The number of rotatable bonds is 5. The Morgan fingerprint density at radius 1 is 0.867 bits per heavy atom. The highest BCUT2D eigenvalue weighted by atomic mass is 35.5. The zero-order chi connectivity index (χ0) is 21.3. The molecule has 0 unspecified atom stereocenters. The summed E-state index contributed by atoms with van der Waals surface area (Å²) in [4.78, 5) is 29.3. The second kappa shape index (κ2) is 8.13. The lowest BCUT2D eigenvalue weighted by atomic mass is 10.0. The molecule has 1 aliphatic heterocycles. The molecule has 1 heterocycles. The van der Waals surface area contributed by atoms with Crippen molar-refractivity contribution in [2.75, 3.05) is 11.9 Å². The summed E-state index contributed by atoms with van der Waals surface area (Å²) in [6, 6.07) is 22.0. The van der Waals surface area contributed by atoms with Crippen LogP contribution in [0.5, 0.6) is 0 Å². The Kier molecular flexibility index (Phi) is 5.38. The number of anilines is 1. The van der Waals surface area contributed by atoms with Gasteiger partial charge in [-0.25, -0.2) is 9.29 Å². The molecule has 0 saturated heterocycles. The summed E-state index contributed by atoms with van der Waals surface area (Å²) in [5, 5.41) is 0.515. The number of nitrogens with zero attached hydrogens (tertiary/aromatic N) is 2. The average Bonchev–Trinajstić information content (AvgIpc) is 3.00. The van der Waals surface area contributed by atoms with Crippen LogP contribution in [0.1, 0.15) is 11.1 Å². The second-order valence-electron chi connectivity index (χ2n) is 6.97. The number of halogens is 2. The average molecular weight is 421 g/mol. The maximum Gasteiger partial charge on any atom is 0.282 e. The Morgan fingerprint density at radius 2 is 1.50 bits per heavy atom. The normalized spacial score (nSPS) is 13.9. The Bertz CT molecular complexity index is 1140. The van der Waals surface area contributed by atoms with Crippen molar-refractivity contribution >= 4 is 34.7 Å². The third kappa shape index (κ3) is 3.60. The van der Waals surface area contributed by atoms with Crippen molar-refractivity contribution in [2.24, 2.45) is 0 Å². The Hall–Kier alpha value is -3.44. The monoisotopic (exact) mass is 420 g/mol. The molecule has 1 aliphatic rings. The van der Waals surface area contributed by atoms with Gasteiger partial charge in [0.25, 0.3) is 11.8 Å². The summed E-state index contributed by atoms with van der Waals surface area (Å²) in [6.07, 6.45) is 0. The van der Waals surface area contributed by atoms with E-state index in [9.17, 15) is 14.0 Å². The molecule has 0 fully saturated rings. The molecule has 2 amide bonds. The van der Waals surface area contributed by atoms with E-state index >= 15 is 0 Å². The van der Waals surface area contributed by atoms with Crippen LogP contribution in [0.4, 0.5) is 10.1 Å². The van der Waals surface area contributed by atoms with Crippen LogP contribution in [0.3, 0.4) is 0 Å². The highest BCUT2D eigenvalue weighted by Gasteiger charge is 2.42. The number of benzene rings is 3. The van der Waals surface area contributed by atoms with E-state index in [0.29, 0.717) is 17.1 Å². The van der Waals surface area contributed by atoms with Crippen molar-refractivity contribution in [1.82, 2.24) is 4.90 Å². The molecule has 0 atom stereocenters. The predicted molar refractivity (Wildman–Crippen MR) is 115 cm³/mol. The van der Waals surface area contributed by atoms with Crippen LogP contribution >= 0.6 is 11.6 Å². The molecule has 3 aromatic rings. The molecule has 0 radical (unpaired) electrons. The van der Waals surface area contributed by atoms with E-state index in [1.807, 2.05) is 30.3 Å². The molecule has 0 spiro atoms. The largest absolute Gasteiger partial charge is 0.365 e. The highest BCUT2D eigenvalue weighted by Crippen LogP contribution is 2.36. The first-order valence-electron chi connectivity index (χ1n) is 9.36. The van der Waals surface area contributed by atoms with Crippen molar-refractivity contribution in [3.8, 4) is 0 Å². The SMILES string of the molecule is CN(Cc1ccccc1)C1=C(c2ccc(Cl)cc2)C(=O)N(c2ccccc2F)C1=O. The molecule has 0 N–H and O–H groups in total. The van der Waals surface area contributed by atoms with Gasteiger partial charge in [0, 0.05) is 18.6 Å². The van der Waals surface area contributed by atoms with Gasteiger partial charge >= 0.3 is 0 Å². The number of likely N-dealkylation sites (N-methyl/N-ethyl adjacent to an activating group) is 1. The fourth-order valence-corrected chi connectivity index (χ4v) is 3.66. The number of hydrogen-bond acceptors (Lipinski definition) is 3. The van der Waals surface area contributed by atoms with E-state index in [1.54, 1.807) is 42.3 Å². The summed E-state index contributed by atoms with van der Waals surface area (Å²) in [5.41, 5.74) is 1.90. The van der Waals surface area contributed by atoms with Crippen LogP contribution in [0, 0.1) is 5.82 Å². The summed E-state index contributed by atoms with van der Waals surface area (Å²) >= 11 is 6.00. The molecular formula is C24H18ClFN2O2. The second-order valence-corrected chi connectivity index (χ2v) is 7.41. The first kappa shape index (κ1) is 19.9. The lowest BCUT2D eigenvalue weighted by molar-refractivity contribution is -0.120. The molecule has 4 rings (SSSR count). The van der Waals surface area contributed by atoms with Crippen LogP contribution in [0.25, 0.3) is 5.57 Å². The van der Waals surface area contributed by atoms with E-state index in [1.165, 1.54) is 18.2 Å². The van der Waals surface area contributed by atoms with Crippen LogP contribution in [0.15, 0.2) is 84.6 Å². The summed E-state index contributed by atoms with van der Waals surface area (Å²) in [7, 11) is 1.74. The minimum atomic E-state index is -0.637. The van der Waals surface area contributed by atoms with Crippen molar-refractivity contribution in [3.05, 3.63) is 107 Å². The van der Waals surface area contributed by atoms with Gasteiger partial charge in [-0.2, -0.15) is 0 Å². The third-order valence-corrected chi connectivity index (χ3v) is 5.18. The zero-order valence-electron chi connectivity index (χ0n) is 16.2. The topological polar surface area (TPSA) is 40.6 Å². The van der Waals surface area contributed by atoms with Crippen molar-refractivity contribution in [3.63, 3.8) is 0 Å². The third-order valence-electron chi connectivity index (χ3n) is 4.93. The van der Waals surface area contributed by atoms with E-state index in [2.05, 4.69) is 0 Å². The summed E-state index contributed by atoms with van der Waals surface area (Å²) < 4.78 is 14.4. The van der Waals surface area contributed by atoms with Crippen LogP contribution < -0.4 is 4.90 Å². The van der Waals surface area contributed by atoms with Gasteiger partial charge in [-0.3, -0.25) is 9.59 Å². The number of carbonyl (C=O) groups is 2. The minimum Gasteiger partial charge on any atom is -0.365 e. The molecule has 0 bridgehead atoms. The number of hydrogen-bond donors (Lipinski definition) is 0. The van der Waals surface area contributed by atoms with Gasteiger partial charge in [0.05, 0.1) is 11.3 Å². The summed E-state index contributed by atoms with van der Waals surface area (Å²) in [5.74, 6) is -1.77. The number of carbonyl (C=O) groups excluding carboxylic acids is 2. The van der Waals surface area contributed by atoms with Crippen LogP contribution in [0.2, 0.25) is 5.02 Å².